The van der Waals surface area contributed by atoms with E-state index in [1.54, 1.807) is 12.1 Å². The summed E-state index contributed by atoms with van der Waals surface area (Å²) < 4.78 is 5.04. The Morgan fingerprint density at radius 3 is 2.46 bits per heavy atom. The number of benzene rings is 2. The van der Waals surface area contributed by atoms with Crippen molar-refractivity contribution in [3.63, 3.8) is 0 Å². The number of hydrogen-bond donors (Lipinski definition) is 2. The number of nitrogens with zero attached hydrogens (tertiary/aromatic N) is 3. The number of methoxy groups -OCH3 is 1. The van der Waals surface area contributed by atoms with Gasteiger partial charge in [0.1, 0.15) is 0 Å². The van der Waals surface area contributed by atoms with Crippen molar-refractivity contribution >= 4 is 23.2 Å². The molecule has 3 N–H and O–H groups in total. The second-order valence-electron chi connectivity index (χ2n) is 6.13. The van der Waals surface area contributed by atoms with Gasteiger partial charge in [0.15, 0.2) is 17.5 Å². The summed E-state index contributed by atoms with van der Waals surface area (Å²) >= 11 is 5.95. The van der Waals surface area contributed by atoms with E-state index < -0.39 is 0 Å². The largest absolute Gasteiger partial charge is 0.504 e. The van der Waals surface area contributed by atoms with E-state index >= 15 is 0 Å². The maximum atomic E-state index is 9.83. The second-order valence-corrected chi connectivity index (χ2v) is 6.57. The first-order chi connectivity index (χ1) is 12.6. The first kappa shape index (κ1) is 18.2. The van der Waals surface area contributed by atoms with Crippen molar-refractivity contribution in [1.29, 1.82) is 0 Å². The summed E-state index contributed by atoms with van der Waals surface area (Å²) in [6, 6.07) is 13.1. The van der Waals surface area contributed by atoms with E-state index in [2.05, 4.69) is 14.8 Å². The molecule has 138 valence electrons. The monoisotopic (exact) mass is 374 g/mol. The number of aromatic hydroxyl groups is 1. The van der Waals surface area contributed by atoms with Crippen LogP contribution in [0.2, 0.25) is 5.02 Å². The lowest BCUT2D eigenvalue weighted by Gasteiger charge is -2.36. The van der Waals surface area contributed by atoms with Crippen LogP contribution in [0, 0.1) is 0 Å². The number of aliphatic imine (C=N–C) groups is 1. The Morgan fingerprint density at radius 1 is 1.15 bits per heavy atom. The molecule has 2 aromatic rings. The van der Waals surface area contributed by atoms with Crippen molar-refractivity contribution in [2.45, 2.75) is 6.54 Å². The molecular formula is C19H23ClN4O2. The van der Waals surface area contributed by atoms with E-state index in [4.69, 9.17) is 22.1 Å². The van der Waals surface area contributed by atoms with Gasteiger partial charge in [-0.2, -0.15) is 0 Å². The van der Waals surface area contributed by atoms with Crippen molar-refractivity contribution in [1.82, 2.24) is 4.90 Å². The molecule has 0 spiro atoms. The standard InChI is InChI=1S/C19H23ClN4O2/c1-26-18-7-2-14(12-17(18)25)13-22-19(21)24-10-8-23(9-11-24)16-5-3-15(20)4-6-16/h2-7,12,25H,8-11,13H2,1H3,(H2,21,22). The minimum Gasteiger partial charge on any atom is -0.504 e. The minimum atomic E-state index is 0.107. The van der Waals surface area contributed by atoms with Crippen LogP contribution in [0.3, 0.4) is 0 Å². The summed E-state index contributed by atoms with van der Waals surface area (Å²) in [5.74, 6) is 1.08. The predicted molar refractivity (Wildman–Crippen MR) is 105 cm³/mol. The zero-order valence-electron chi connectivity index (χ0n) is 14.7. The number of piperazine rings is 1. The van der Waals surface area contributed by atoms with Gasteiger partial charge in [0.05, 0.1) is 13.7 Å². The van der Waals surface area contributed by atoms with Gasteiger partial charge in [0, 0.05) is 36.9 Å². The van der Waals surface area contributed by atoms with Crippen LogP contribution in [0.25, 0.3) is 0 Å². The number of ether oxygens (including phenoxy) is 1. The van der Waals surface area contributed by atoms with Gasteiger partial charge in [-0.05, 0) is 42.0 Å². The van der Waals surface area contributed by atoms with Gasteiger partial charge in [-0.3, -0.25) is 0 Å². The quantitative estimate of drug-likeness (QED) is 0.635. The maximum absolute atomic E-state index is 9.83. The van der Waals surface area contributed by atoms with Crippen LogP contribution in [0.15, 0.2) is 47.5 Å². The van der Waals surface area contributed by atoms with Crippen LogP contribution in [-0.4, -0.2) is 49.3 Å². The minimum absolute atomic E-state index is 0.107. The Labute approximate surface area is 158 Å². The number of phenolic OH excluding ortho intramolecular Hbond substituents is 1. The van der Waals surface area contributed by atoms with E-state index in [1.165, 1.54) is 12.8 Å². The molecule has 26 heavy (non-hydrogen) atoms. The Hall–Kier alpha value is -2.60. The Balaban J connectivity index is 1.56. The van der Waals surface area contributed by atoms with Crippen LogP contribution < -0.4 is 15.4 Å². The normalized spacial score (nSPS) is 15.2. The Kier molecular flexibility index (Phi) is 5.73. The fourth-order valence-electron chi connectivity index (χ4n) is 2.95. The summed E-state index contributed by atoms with van der Waals surface area (Å²) in [4.78, 5) is 8.84. The molecule has 0 atom stereocenters. The molecule has 1 heterocycles. The highest BCUT2D eigenvalue weighted by atomic mass is 35.5. The molecule has 0 bridgehead atoms. The molecule has 0 amide bonds. The molecule has 7 heteroatoms. The maximum Gasteiger partial charge on any atom is 0.191 e. The van der Waals surface area contributed by atoms with E-state index in [-0.39, 0.29) is 5.75 Å². The molecule has 1 saturated heterocycles. The first-order valence-corrected chi connectivity index (χ1v) is 8.86. The predicted octanol–water partition coefficient (Wildman–Crippen LogP) is 2.69. The highest BCUT2D eigenvalue weighted by Crippen LogP contribution is 2.26. The third kappa shape index (κ3) is 4.32. The third-order valence-corrected chi connectivity index (χ3v) is 4.71. The molecule has 1 aliphatic rings. The van der Waals surface area contributed by atoms with Crippen LogP contribution in [-0.2, 0) is 6.54 Å². The first-order valence-electron chi connectivity index (χ1n) is 8.48. The number of halogens is 1. The molecule has 6 nitrogen and oxygen atoms in total. The number of nitrogens with two attached hydrogens (primary N) is 1. The van der Waals surface area contributed by atoms with E-state index in [0.717, 1.165) is 36.8 Å². The lowest BCUT2D eigenvalue weighted by atomic mass is 10.2. The molecule has 0 saturated carbocycles. The van der Waals surface area contributed by atoms with Gasteiger partial charge < -0.3 is 25.4 Å². The second kappa shape index (κ2) is 8.19. The van der Waals surface area contributed by atoms with Crippen molar-refractivity contribution in [2.24, 2.45) is 10.7 Å². The van der Waals surface area contributed by atoms with Gasteiger partial charge >= 0.3 is 0 Å². The third-order valence-electron chi connectivity index (χ3n) is 4.46. The summed E-state index contributed by atoms with van der Waals surface area (Å²) in [7, 11) is 1.52. The zero-order chi connectivity index (χ0) is 18.5. The fraction of sp³-hybridized carbons (Fsp3) is 0.316. The summed E-state index contributed by atoms with van der Waals surface area (Å²) in [6.45, 7) is 3.79. The smallest absolute Gasteiger partial charge is 0.191 e. The number of phenols is 1. The van der Waals surface area contributed by atoms with E-state index in [1.807, 2.05) is 30.3 Å². The molecule has 2 aromatic carbocycles. The molecule has 3 rings (SSSR count). The molecule has 0 radical (unpaired) electrons. The van der Waals surface area contributed by atoms with E-state index in [0.29, 0.717) is 18.3 Å². The van der Waals surface area contributed by atoms with Crippen LogP contribution >= 0.6 is 11.6 Å². The van der Waals surface area contributed by atoms with Gasteiger partial charge in [0.2, 0.25) is 0 Å². The topological polar surface area (TPSA) is 74.3 Å². The van der Waals surface area contributed by atoms with Crippen molar-refractivity contribution in [2.75, 3.05) is 38.2 Å². The highest BCUT2D eigenvalue weighted by Gasteiger charge is 2.18. The molecule has 0 aliphatic carbocycles. The summed E-state index contributed by atoms with van der Waals surface area (Å²) in [5, 5.41) is 10.6. The molecular weight excluding hydrogens is 352 g/mol. The SMILES string of the molecule is COc1ccc(CN=C(N)N2CCN(c3ccc(Cl)cc3)CC2)cc1O. The molecule has 0 unspecified atom stereocenters. The highest BCUT2D eigenvalue weighted by molar-refractivity contribution is 6.30. The molecule has 1 aliphatic heterocycles. The zero-order valence-corrected chi connectivity index (χ0v) is 15.5. The number of rotatable bonds is 4. The Bertz CT molecular complexity index is 772. The Morgan fingerprint density at radius 2 is 1.85 bits per heavy atom. The summed E-state index contributed by atoms with van der Waals surface area (Å²) in [5.41, 5.74) is 8.19. The number of anilines is 1. The lowest BCUT2D eigenvalue weighted by Crippen LogP contribution is -2.51. The van der Waals surface area contributed by atoms with Crippen molar-refractivity contribution in [3.05, 3.63) is 53.1 Å². The van der Waals surface area contributed by atoms with Gasteiger partial charge in [-0.15, -0.1) is 0 Å². The van der Waals surface area contributed by atoms with Crippen molar-refractivity contribution in [3.8, 4) is 11.5 Å². The van der Waals surface area contributed by atoms with E-state index in [9.17, 15) is 5.11 Å². The van der Waals surface area contributed by atoms with Crippen LogP contribution in [0.4, 0.5) is 5.69 Å². The molecule has 1 fully saturated rings. The average Bonchev–Trinajstić information content (AvgIpc) is 2.67. The van der Waals surface area contributed by atoms with Gasteiger partial charge in [-0.25, -0.2) is 4.99 Å². The number of hydrogen-bond acceptors (Lipinski definition) is 4. The van der Waals surface area contributed by atoms with Crippen LogP contribution in [0.5, 0.6) is 11.5 Å². The molecule has 0 aromatic heterocycles. The fourth-order valence-corrected chi connectivity index (χ4v) is 3.08. The van der Waals surface area contributed by atoms with Crippen LogP contribution in [0.1, 0.15) is 5.56 Å². The van der Waals surface area contributed by atoms with Crippen molar-refractivity contribution < 1.29 is 9.84 Å². The van der Waals surface area contributed by atoms with Gasteiger partial charge in [0.25, 0.3) is 0 Å². The average molecular weight is 375 g/mol. The van der Waals surface area contributed by atoms with Gasteiger partial charge in [-0.1, -0.05) is 17.7 Å². The number of guanidine groups is 1. The lowest BCUT2D eigenvalue weighted by molar-refractivity contribution is 0.373. The summed E-state index contributed by atoms with van der Waals surface area (Å²) in [6.07, 6.45) is 0.